The summed E-state index contributed by atoms with van der Waals surface area (Å²) in [6.45, 7) is 1.98. The van der Waals surface area contributed by atoms with Crippen LogP contribution >= 0.6 is 0 Å². The highest BCUT2D eigenvalue weighted by atomic mass is 16.3. The van der Waals surface area contributed by atoms with Gasteiger partial charge in [-0.25, -0.2) is 0 Å². The van der Waals surface area contributed by atoms with Crippen molar-refractivity contribution < 1.29 is 4.42 Å². The Morgan fingerprint density at radius 3 is 2.76 bits per heavy atom. The molecule has 4 nitrogen and oxygen atoms in total. The molecular weight excluding hydrogens is 216 g/mol. The van der Waals surface area contributed by atoms with Crippen LogP contribution in [0.25, 0.3) is 11.0 Å². The highest BCUT2D eigenvalue weighted by Crippen LogP contribution is 2.18. The van der Waals surface area contributed by atoms with Gasteiger partial charge in [-0.05, 0) is 25.0 Å². The van der Waals surface area contributed by atoms with Crippen molar-refractivity contribution in [3.8, 4) is 0 Å². The van der Waals surface area contributed by atoms with Crippen LogP contribution in [0, 0.1) is 0 Å². The van der Waals surface area contributed by atoms with Crippen LogP contribution in [0.15, 0.2) is 33.5 Å². The molecule has 0 spiro atoms. The van der Waals surface area contributed by atoms with Crippen molar-refractivity contribution in [2.45, 2.75) is 25.8 Å². The van der Waals surface area contributed by atoms with Gasteiger partial charge in [0.1, 0.15) is 5.58 Å². The second-order valence-corrected chi connectivity index (χ2v) is 4.14. The molecule has 1 unspecified atom stereocenters. The third kappa shape index (κ3) is 2.17. The largest absolute Gasteiger partial charge is 0.440 e. The first kappa shape index (κ1) is 11.7. The van der Waals surface area contributed by atoms with E-state index in [-0.39, 0.29) is 17.4 Å². The molecule has 2 rings (SSSR count). The predicted octanol–water partition coefficient (Wildman–Crippen LogP) is 1.66. The first-order valence-electron chi connectivity index (χ1n) is 5.69. The summed E-state index contributed by atoms with van der Waals surface area (Å²) in [4.78, 5) is 12.2. The van der Waals surface area contributed by atoms with E-state index in [9.17, 15) is 4.79 Å². The Balaban J connectivity index is 2.60. The van der Waals surface area contributed by atoms with E-state index in [2.05, 4.69) is 0 Å². The molecule has 4 N–H and O–H groups in total. The molecule has 0 fully saturated rings. The molecule has 1 heterocycles. The lowest BCUT2D eigenvalue weighted by atomic mass is 10.0. The highest BCUT2D eigenvalue weighted by Gasteiger charge is 2.14. The van der Waals surface area contributed by atoms with Crippen LogP contribution in [0.4, 0.5) is 5.88 Å². The number of hydrogen-bond donors (Lipinski definition) is 2. The van der Waals surface area contributed by atoms with Crippen LogP contribution in [0.5, 0.6) is 0 Å². The minimum atomic E-state index is -0.0757. The van der Waals surface area contributed by atoms with Gasteiger partial charge in [0.05, 0.1) is 10.9 Å². The van der Waals surface area contributed by atoms with Gasteiger partial charge in [-0.2, -0.15) is 0 Å². The minimum Gasteiger partial charge on any atom is -0.440 e. The molecule has 0 radical (unpaired) electrons. The summed E-state index contributed by atoms with van der Waals surface area (Å²) < 4.78 is 5.44. The van der Waals surface area contributed by atoms with Gasteiger partial charge in [0.25, 0.3) is 0 Å². The minimum absolute atomic E-state index is 0.0682. The molecule has 2 aromatic rings. The average Bonchev–Trinajstić information content (AvgIpc) is 2.34. The normalized spacial score (nSPS) is 12.8. The van der Waals surface area contributed by atoms with Crippen molar-refractivity contribution in [3.05, 3.63) is 40.1 Å². The Bertz CT molecular complexity index is 589. The quantitative estimate of drug-likeness (QED) is 0.843. The highest BCUT2D eigenvalue weighted by molar-refractivity contribution is 5.78. The Labute approximate surface area is 99.2 Å². The van der Waals surface area contributed by atoms with Gasteiger partial charge in [-0.3, -0.25) is 4.79 Å². The first-order valence-corrected chi connectivity index (χ1v) is 5.69. The summed E-state index contributed by atoms with van der Waals surface area (Å²) in [6.07, 6.45) is 1.25. The summed E-state index contributed by atoms with van der Waals surface area (Å²) in [7, 11) is 0. The van der Waals surface area contributed by atoms with E-state index in [0.29, 0.717) is 23.0 Å². The molecule has 4 heteroatoms. The number of anilines is 1. The van der Waals surface area contributed by atoms with Crippen molar-refractivity contribution >= 4 is 16.9 Å². The third-order valence-electron chi connectivity index (χ3n) is 2.91. The SMILES string of the molecule is CCC(N)Cc1c(N)oc2ccccc2c1=O. The van der Waals surface area contributed by atoms with E-state index in [1.54, 1.807) is 18.2 Å². The summed E-state index contributed by atoms with van der Waals surface area (Å²) in [5.41, 5.74) is 12.5. The van der Waals surface area contributed by atoms with Gasteiger partial charge in [0.2, 0.25) is 0 Å². The van der Waals surface area contributed by atoms with Crippen LogP contribution < -0.4 is 16.9 Å². The van der Waals surface area contributed by atoms with E-state index in [4.69, 9.17) is 15.9 Å². The number of nitrogen functional groups attached to an aromatic ring is 1. The van der Waals surface area contributed by atoms with Gasteiger partial charge >= 0.3 is 0 Å². The molecule has 1 atom stereocenters. The number of para-hydroxylation sites is 1. The maximum Gasteiger partial charge on any atom is 0.198 e. The zero-order valence-electron chi connectivity index (χ0n) is 9.77. The Morgan fingerprint density at radius 1 is 1.35 bits per heavy atom. The Morgan fingerprint density at radius 2 is 2.06 bits per heavy atom. The van der Waals surface area contributed by atoms with Crippen LogP contribution in [-0.4, -0.2) is 6.04 Å². The zero-order valence-corrected chi connectivity index (χ0v) is 9.77. The van der Waals surface area contributed by atoms with E-state index in [1.165, 1.54) is 0 Å². The number of rotatable bonds is 3. The molecule has 0 saturated carbocycles. The van der Waals surface area contributed by atoms with Crippen LogP contribution in [0.2, 0.25) is 0 Å². The molecule has 1 aromatic heterocycles. The summed E-state index contributed by atoms with van der Waals surface area (Å²) >= 11 is 0. The van der Waals surface area contributed by atoms with Crippen molar-refractivity contribution in [3.63, 3.8) is 0 Å². The van der Waals surface area contributed by atoms with Gasteiger partial charge < -0.3 is 15.9 Å². The predicted molar refractivity (Wildman–Crippen MR) is 68.9 cm³/mol. The lowest BCUT2D eigenvalue weighted by molar-refractivity contribution is 0.593. The molecule has 90 valence electrons. The number of hydrogen-bond acceptors (Lipinski definition) is 4. The Hall–Kier alpha value is -1.81. The lowest BCUT2D eigenvalue weighted by Gasteiger charge is -2.10. The molecular formula is C13H16N2O2. The summed E-state index contributed by atoms with van der Waals surface area (Å²) in [5, 5.41) is 0.556. The molecule has 17 heavy (non-hydrogen) atoms. The van der Waals surface area contributed by atoms with E-state index in [1.807, 2.05) is 13.0 Å². The first-order chi connectivity index (χ1) is 8.13. The molecule has 0 bridgehead atoms. The smallest absolute Gasteiger partial charge is 0.198 e. The number of nitrogens with two attached hydrogens (primary N) is 2. The zero-order chi connectivity index (χ0) is 12.4. The van der Waals surface area contributed by atoms with Gasteiger partial charge in [0.15, 0.2) is 11.3 Å². The molecule has 0 saturated heterocycles. The van der Waals surface area contributed by atoms with Crippen LogP contribution in [-0.2, 0) is 6.42 Å². The summed E-state index contributed by atoms with van der Waals surface area (Å²) in [5.74, 6) is 0.178. The standard InChI is InChI=1S/C13H16N2O2/c1-2-8(14)7-10-12(16)9-5-3-4-6-11(9)17-13(10)15/h3-6,8H,2,7,14-15H2,1H3. The van der Waals surface area contributed by atoms with Gasteiger partial charge in [-0.15, -0.1) is 0 Å². The fourth-order valence-corrected chi connectivity index (χ4v) is 1.80. The van der Waals surface area contributed by atoms with E-state index in [0.717, 1.165) is 6.42 Å². The second kappa shape index (κ2) is 4.59. The fourth-order valence-electron chi connectivity index (χ4n) is 1.80. The molecule has 1 aromatic carbocycles. The van der Waals surface area contributed by atoms with Crippen molar-refractivity contribution in [2.75, 3.05) is 5.73 Å². The molecule has 0 aliphatic carbocycles. The van der Waals surface area contributed by atoms with Gasteiger partial charge in [0, 0.05) is 6.04 Å². The average molecular weight is 232 g/mol. The lowest BCUT2D eigenvalue weighted by Crippen LogP contribution is -2.26. The van der Waals surface area contributed by atoms with Crippen molar-refractivity contribution in [2.24, 2.45) is 5.73 Å². The monoisotopic (exact) mass is 232 g/mol. The topological polar surface area (TPSA) is 82.2 Å². The molecule has 0 aliphatic rings. The number of benzene rings is 1. The summed E-state index contributed by atoms with van der Waals surface area (Å²) in [6, 6.07) is 7.01. The third-order valence-corrected chi connectivity index (χ3v) is 2.91. The molecule has 0 aliphatic heterocycles. The van der Waals surface area contributed by atoms with Crippen molar-refractivity contribution in [1.82, 2.24) is 0 Å². The van der Waals surface area contributed by atoms with E-state index < -0.39 is 0 Å². The Kier molecular flexibility index (Phi) is 3.15. The number of fused-ring (bicyclic) bond motifs is 1. The second-order valence-electron chi connectivity index (χ2n) is 4.14. The maximum absolute atomic E-state index is 12.2. The maximum atomic E-state index is 12.2. The fraction of sp³-hybridized carbons (Fsp3) is 0.308. The molecule has 0 amide bonds. The van der Waals surface area contributed by atoms with Crippen molar-refractivity contribution in [1.29, 1.82) is 0 Å². The van der Waals surface area contributed by atoms with Crippen LogP contribution in [0.3, 0.4) is 0 Å². The van der Waals surface area contributed by atoms with E-state index >= 15 is 0 Å². The van der Waals surface area contributed by atoms with Crippen LogP contribution in [0.1, 0.15) is 18.9 Å². The van der Waals surface area contributed by atoms with Gasteiger partial charge in [-0.1, -0.05) is 19.1 Å².